The summed E-state index contributed by atoms with van der Waals surface area (Å²) >= 11 is 1.48. The zero-order chi connectivity index (χ0) is 24.5. The lowest BCUT2D eigenvalue weighted by atomic mass is 9.91. The van der Waals surface area contributed by atoms with E-state index in [9.17, 15) is 9.90 Å². The third-order valence-corrected chi connectivity index (χ3v) is 7.62. The number of amides is 1. The van der Waals surface area contributed by atoms with Gasteiger partial charge in [0.2, 0.25) is 5.91 Å². The monoisotopic (exact) mass is 493 g/mol. The number of hydrogen-bond donors (Lipinski definition) is 4. The van der Waals surface area contributed by atoms with Gasteiger partial charge in [0.05, 0.1) is 6.10 Å². The molecule has 9 nitrogen and oxygen atoms in total. The van der Waals surface area contributed by atoms with E-state index in [1.165, 1.54) is 18.7 Å². The SMILES string of the molecule is CC(=O)Nc1ccc(Sc2nc(Nc3cc(C)[nH]n3)c(C)c(N3CC4CCCC3CC4O)n2)cc1. The number of aliphatic hydroxyl groups is 1. The first-order valence-electron chi connectivity index (χ1n) is 12.0. The van der Waals surface area contributed by atoms with Gasteiger partial charge in [-0.15, -0.1) is 0 Å². The lowest BCUT2D eigenvalue weighted by molar-refractivity contribution is -0.114. The van der Waals surface area contributed by atoms with Crippen molar-refractivity contribution in [2.75, 3.05) is 22.1 Å². The molecule has 4 heterocycles. The van der Waals surface area contributed by atoms with Crippen LogP contribution < -0.4 is 15.5 Å². The maximum Gasteiger partial charge on any atom is 0.221 e. The molecule has 3 atom stereocenters. The standard InChI is InChI=1S/C25H31N7O2S/c1-14-11-22(31-30-14)27-23-15(2)24(32-13-17-5-4-6-19(32)12-21(17)34)29-25(28-23)35-20-9-7-18(8-10-20)26-16(3)33/h7-11,17,19,21,34H,4-6,12-13H2,1-3H3,(H,26,33)(H2,27,28,29,30,31). The van der Waals surface area contributed by atoms with Crippen LogP contribution in [-0.4, -0.2) is 49.9 Å². The van der Waals surface area contributed by atoms with Crippen LogP contribution in [0.4, 0.5) is 23.1 Å². The number of aromatic nitrogens is 4. The molecular weight excluding hydrogens is 462 g/mol. The number of aliphatic hydroxyl groups excluding tert-OH is 1. The minimum Gasteiger partial charge on any atom is -0.393 e. The Morgan fingerprint density at radius 1 is 1.20 bits per heavy atom. The van der Waals surface area contributed by atoms with E-state index < -0.39 is 0 Å². The molecule has 3 unspecified atom stereocenters. The van der Waals surface area contributed by atoms with Gasteiger partial charge in [-0.25, -0.2) is 9.97 Å². The van der Waals surface area contributed by atoms with Crippen LogP contribution in [0.3, 0.4) is 0 Å². The van der Waals surface area contributed by atoms with Gasteiger partial charge in [0.25, 0.3) is 0 Å². The molecule has 184 valence electrons. The molecule has 2 aliphatic heterocycles. The number of aryl methyl sites for hydroxylation is 1. The highest BCUT2D eigenvalue weighted by Gasteiger charge is 2.38. The highest BCUT2D eigenvalue weighted by atomic mass is 32.2. The van der Waals surface area contributed by atoms with Gasteiger partial charge in [0.15, 0.2) is 11.0 Å². The van der Waals surface area contributed by atoms with Crippen LogP contribution >= 0.6 is 11.8 Å². The van der Waals surface area contributed by atoms with Crippen molar-refractivity contribution in [1.29, 1.82) is 0 Å². The number of benzene rings is 1. The first kappa shape index (κ1) is 23.6. The predicted molar refractivity (Wildman–Crippen MR) is 137 cm³/mol. The summed E-state index contributed by atoms with van der Waals surface area (Å²) in [6.07, 6.45) is 3.79. The van der Waals surface area contributed by atoms with Crippen molar-refractivity contribution >= 4 is 40.8 Å². The number of hydrogen-bond acceptors (Lipinski definition) is 8. The first-order valence-corrected chi connectivity index (χ1v) is 12.9. The summed E-state index contributed by atoms with van der Waals surface area (Å²) in [5.74, 6) is 2.51. The van der Waals surface area contributed by atoms with E-state index in [0.717, 1.165) is 65.7 Å². The minimum absolute atomic E-state index is 0.0990. The summed E-state index contributed by atoms with van der Waals surface area (Å²) in [7, 11) is 0. The summed E-state index contributed by atoms with van der Waals surface area (Å²) < 4.78 is 0. The molecule has 3 fully saturated rings. The Labute approximate surface area is 209 Å². The van der Waals surface area contributed by atoms with Gasteiger partial charge in [-0.05, 0) is 69.1 Å². The molecule has 0 spiro atoms. The fraction of sp³-hybridized carbons (Fsp3) is 0.440. The number of anilines is 4. The normalized spacial score (nSPS) is 21.6. The molecule has 1 aromatic carbocycles. The number of piperidine rings is 1. The maximum atomic E-state index is 11.3. The number of H-pyrrole nitrogens is 1. The topological polar surface area (TPSA) is 119 Å². The molecular formula is C25H31N7O2S. The van der Waals surface area contributed by atoms with Crippen molar-refractivity contribution in [1.82, 2.24) is 20.2 Å². The molecule has 6 rings (SSSR count). The van der Waals surface area contributed by atoms with Crippen LogP contribution in [0.15, 0.2) is 40.4 Å². The molecule has 0 radical (unpaired) electrons. The average molecular weight is 494 g/mol. The molecule has 10 heteroatoms. The number of rotatable bonds is 6. The smallest absolute Gasteiger partial charge is 0.221 e. The maximum absolute atomic E-state index is 11.3. The number of carbonyl (C=O) groups is 1. The lowest BCUT2D eigenvalue weighted by Crippen LogP contribution is -2.48. The Kier molecular flexibility index (Phi) is 6.66. The van der Waals surface area contributed by atoms with E-state index in [-0.39, 0.29) is 24.0 Å². The zero-order valence-electron chi connectivity index (χ0n) is 20.2. The highest BCUT2D eigenvalue weighted by Crippen LogP contribution is 2.39. The van der Waals surface area contributed by atoms with Crippen molar-refractivity contribution in [2.24, 2.45) is 5.92 Å². The average Bonchev–Trinajstić information content (AvgIpc) is 3.00. The van der Waals surface area contributed by atoms with Gasteiger partial charge in [-0.2, -0.15) is 5.10 Å². The molecule has 1 saturated carbocycles. The molecule has 1 amide bonds. The van der Waals surface area contributed by atoms with Crippen LogP contribution in [0, 0.1) is 19.8 Å². The van der Waals surface area contributed by atoms with E-state index in [1.54, 1.807) is 0 Å². The second kappa shape index (κ2) is 9.87. The van der Waals surface area contributed by atoms with E-state index in [4.69, 9.17) is 9.97 Å². The van der Waals surface area contributed by atoms with Gasteiger partial charge in [0.1, 0.15) is 11.6 Å². The minimum atomic E-state index is -0.235. The van der Waals surface area contributed by atoms with Crippen molar-refractivity contribution in [3.8, 4) is 0 Å². The van der Waals surface area contributed by atoms with Gasteiger partial charge in [-0.3, -0.25) is 9.89 Å². The molecule has 35 heavy (non-hydrogen) atoms. The van der Waals surface area contributed by atoms with Gasteiger partial charge < -0.3 is 20.6 Å². The van der Waals surface area contributed by atoms with Crippen LogP contribution in [0.1, 0.15) is 43.9 Å². The fourth-order valence-corrected chi connectivity index (χ4v) is 5.76. The van der Waals surface area contributed by atoms with Crippen LogP contribution in [0.5, 0.6) is 0 Å². The molecule has 2 saturated heterocycles. The van der Waals surface area contributed by atoms with Crippen molar-refractivity contribution in [3.63, 3.8) is 0 Å². The number of carbonyl (C=O) groups excluding carboxylic acids is 1. The quantitative estimate of drug-likeness (QED) is 0.373. The molecule has 2 bridgehead atoms. The Bertz CT molecular complexity index is 1210. The number of nitrogens with one attached hydrogen (secondary N) is 3. The Balaban J connectivity index is 1.49. The van der Waals surface area contributed by atoms with E-state index >= 15 is 0 Å². The highest BCUT2D eigenvalue weighted by molar-refractivity contribution is 7.99. The van der Waals surface area contributed by atoms with Gasteiger partial charge in [0, 0.05) is 53.3 Å². The Morgan fingerprint density at radius 2 is 2.00 bits per heavy atom. The molecule has 2 aromatic heterocycles. The third kappa shape index (κ3) is 5.28. The van der Waals surface area contributed by atoms with Crippen LogP contribution in [-0.2, 0) is 4.79 Å². The molecule has 3 aromatic rings. The van der Waals surface area contributed by atoms with E-state index in [0.29, 0.717) is 11.0 Å². The van der Waals surface area contributed by atoms with Crippen molar-refractivity contribution in [3.05, 3.63) is 41.6 Å². The fourth-order valence-electron chi connectivity index (χ4n) is 5.00. The predicted octanol–water partition coefficient (Wildman–Crippen LogP) is 4.41. The molecule has 4 N–H and O–H groups in total. The van der Waals surface area contributed by atoms with Gasteiger partial charge in [-0.1, -0.05) is 6.42 Å². The summed E-state index contributed by atoms with van der Waals surface area (Å²) in [4.78, 5) is 24.5. The Hall–Kier alpha value is -3.11. The Morgan fingerprint density at radius 3 is 2.71 bits per heavy atom. The summed E-state index contributed by atoms with van der Waals surface area (Å²) in [6, 6.07) is 9.87. The summed E-state index contributed by atoms with van der Waals surface area (Å²) in [6.45, 7) is 6.30. The first-order chi connectivity index (χ1) is 16.9. The summed E-state index contributed by atoms with van der Waals surface area (Å²) in [5, 5.41) is 24.7. The molecule has 3 aliphatic rings. The number of aromatic amines is 1. The van der Waals surface area contributed by atoms with Crippen LogP contribution in [0.2, 0.25) is 0 Å². The third-order valence-electron chi connectivity index (χ3n) is 6.75. The second-order valence-corrected chi connectivity index (χ2v) is 10.5. The van der Waals surface area contributed by atoms with Crippen molar-refractivity contribution in [2.45, 2.75) is 68.7 Å². The number of fused-ring (bicyclic) bond motifs is 4. The zero-order valence-corrected chi connectivity index (χ0v) is 21.0. The van der Waals surface area contributed by atoms with Gasteiger partial charge >= 0.3 is 0 Å². The van der Waals surface area contributed by atoms with E-state index in [2.05, 4.69) is 25.7 Å². The molecule has 1 aliphatic carbocycles. The second-order valence-electron chi connectivity index (χ2n) is 9.47. The largest absolute Gasteiger partial charge is 0.393 e. The number of nitrogens with zero attached hydrogens (tertiary/aromatic N) is 4. The lowest BCUT2D eigenvalue weighted by Gasteiger charge is -2.41. The van der Waals surface area contributed by atoms with E-state index in [1.807, 2.05) is 44.2 Å². The summed E-state index contributed by atoms with van der Waals surface area (Å²) in [5.41, 5.74) is 2.69. The van der Waals surface area contributed by atoms with Crippen LogP contribution in [0.25, 0.3) is 0 Å². The van der Waals surface area contributed by atoms with Crippen molar-refractivity contribution < 1.29 is 9.90 Å².